The summed E-state index contributed by atoms with van der Waals surface area (Å²) in [5.74, 6) is 1.94. The van der Waals surface area contributed by atoms with Gasteiger partial charge in [-0.15, -0.1) is 0 Å². The maximum Gasteiger partial charge on any atom is 0.0951 e. The van der Waals surface area contributed by atoms with Crippen LogP contribution in [0.4, 0.5) is 0 Å². The fourth-order valence-corrected chi connectivity index (χ4v) is 3.29. The van der Waals surface area contributed by atoms with Crippen molar-refractivity contribution in [2.75, 3.05) is 6.54 Å². The molecule has 3 heteroatoms. The summed E-state index contributed by atoms with van der Waals surface area (Å²) in [4.78, 5) is 4.28. The molecule has 1 heterocycles. The van der Waals surface area contributed by atoms with Gasteiger partial charge in [-0.1, -0.05) is 32.6 Å². The maximum atomic E-state index is 4.28. The second-order valence-corrected chi connectivity index (χ2v) is 6.61. The molecule has 1 N–H and O–H groups in total. The molecule has 3 rings (SSSR count). The first-order valence-corrected chi connectivity index (χ1v) is 8.04. The van der Waals surface area contributed by atoms with Gasteiger partial charge in [-0.25, -0.2) is 4.98 Å². The maximum absolute atomic E-state index is 4.28. The van der Waals surface area contributed by atoms with Crippen molar-refractivity contribution < 1.29 is 0 Å². The molecule has 0 atom stereocenters. The van der Waals surface area contributed by atoms with E-state index >= 15 is 0 Å². The lowest BCUT2D eigenvalue weighted by atomic mass is 9.81. The third-order valence-corrected chi connectivity index (χ3v) is 4.86. The van der Waals surface area contributed by atoms with Gasteiger partial charge in [0.25, 0.3) is 0 Å². The van der Waals surface area contributed by atoms with E-state index in [4.69, 9.17) is 0 Å². The second-order valence-electron chi connectivity index (χ2n) is 6.61. The van der Waals surface area contributed by atoms with E-state index in [0.29, 0.717) is 0 Å². The van der Waals surface area contributed by atoms with Crippen molar-refractivity contribution in [1.82, 2.24) is 14.9 Å². The van der Waals surface area contributed by atoms with Gasteiger partial charge in [0.2, 0.25) is 0 Å². The molecule has 0 bridgehead atoms. The largest absolute Gasteiger partial charge is 0.330 e. The fraction of sp³-hybridized carbons (Fsp3) is 0.812. The molecule has 0 amide bonds. The number of rotatable bonds is 6. The van der Waals surface area contributed by atoms with Crippen molar-refractivity contribution >= 4 is 0 Å². The Bertz CT molecular complexity index is 386. The van der Waals surface area contributed by atoms with Crippen LogP contribution in [0.3, 0.4) is 0 Å². The van der Waals surface area contributed by atoms with Gasteiger partial charge >= 0.3 is 0 Å². The standard InChI is InChI=1S/C16H27N3/c1-13-2-4-14(5-3-13)8-9-17-10-16-11-18-12-19(16)15-6-7-15/h11-15,17H,2-10H2,1H3. The smallest absolute Gasteiger partial charge is 0.0951 e. The van der Waals surface area contributed by atoms with Crippen LogP contribution in [-0.4, -0.2) is 16.1 Å². The Labute approximate surface area is 116 Å². The molecule has 0 aromatic carbocycles. The molecule has 2 aliphatic carbocycles. The molecule has 0 saturated heterocycles. The van der Waals surface area contributed by atoms with Crippen LogP contribution in [0.5, 0.6) is 0 Å². The molecule has 2 aliphatic rings. The molecule has 0 aliphatic heterocycles. The van der Waals surface area contributed by atoms with E-state index < -0.39 is 0 Å². The number of nitrogens with one attached hydrogen (secondary N) is 1. The van der Waals surface area contributed by atoms with Gasteiger partial charge in [-0.05, 0) is 37.6 Å². The van der Waals surface area contributed by atoms with E-state index in [2.05, 4.69) is 21.8 Å². The Hall–Kier alpha value is -0.830. The van der Waals surface area contributed by atoms with Gasteiger partial charge in [0, 0.05) is 18.8 Å². The molecule has 0 spiro atoms. The minimum Gasteiger partial charge on any atom is -0.330 e. The fourth-order valence-electron chi connectivity index (χ4n) is 3.29. The summed E-state index contributed by atoms with van der Waals surface area (Å²) >= 11 is 0. The minimum absolute atomic E-state index is 0.749. The Balaban J connectivity index is 1.35. The predicted octanol–water partition coefficient (Wildman–Crippen LogP) is 3.52. The van der Waals surface area contributed by atoms with Crippen LogP contribution in [0, 0.1) is 11.8 Å². The zero-order chi connectivity index (χ0) is 13.1. The van der Waals surface area contributed by atoms with Crippen molar-refractivity contribution in [3.05, 3.63) is 18.2 Å². The average molecular weight is 261 g/mol. The number of hydrogen-bond acceptors (Lipinski definition) is 2. The van der Waals surface area contributed by atoms with Gasteiger partial charge in [0.05, 0.1) is 12.0 Å². The lowest BCUT2D eigenvalue weighted by Gasteiger charge is -2.26. The number of imidazole rings is 1. The van der Waals surface area contributed by atoms with Gasteiger partial charge < -0.3 is 9.88 Å². The molecule has 2 fully saturated rings. The van der Waals surface area contributed by atoms with Gasteiger partial charge in [-0.3, -0.25) is 0 Å². The van der Waals surface area contributed by atoms with E-state index in [0.717, 1.165) is 31.0 Å². The molecule has 2 saturated carbocycles. The number of hydrogen-bond donors (Lipinski definition) is 1. The summed E-state index contributed by atoms with van der Waals surface area (Å²) in [6.45, 7) is 4.54. The first-order chi connectivity index (χ1) is 9.33. The Morgan fingerprint density at radius 2 is 2.00 bits per heavy atom. The summed E-state index contributed by atoms with van der Waals surface area (Å²) in [5, 5.41) is 3.61. The number of nitrogens with zero attached hydrogens (tertiary/aromatic N) is 2. The summed E-state index contributed by atoms with van der Waals surface area (Å²) in [6, 6.07) is 0.749. The van der Waals surface area contributed by atoms with Gasteiger partial charge in [0.15, 0.2) is 0 Å². The third kappa shape index (κ3) is 3.59. The van der Waals surface area contributed by atoms with Crippen LogP contribution < -0.4 is 5.32 Å². The highest BCUT2D eigenvalue weighted by Crippen LogP contribution is 2.35. The molecule has 106 valence electrons. The van der Waals surface area contributed by atoms with Crippen LogP contribution >= 0.6 is 0 Å². The summed E-state index contributed by atoms with van der Waals surface area (Å²) < 4.78 is 2.36. The van der Waals surface area contributed by atoms with E-state index in [-0.39, 0.29) is 0 Å². The lowest BCUT2D eigenvalue weighted by Crippen LogP contribution is -2.21. The van der Waals surface area contributed by atoms with E-state index in [1.165, 1.54) is 50.6 Å². The van der Waals surface area contributed by atoms with Crippen molar-refractivity contribution in [2.45, 2.75) is 64.5 Å². The topological polar surface area (TPSA) is 29.9 Å². The van der Waals surface area contributed by atoms with Gasteiger partial charge in [-0.2, -0.15) is 0 Å². The van der Waals surface area contributed by atoms with E-state index in [1.54, 1.807) is 0 Å². The Morgan fingerprint density at radius 3 is 2.74 bits per heavy atom. The number of aromatic nitrogens is 2. The molecule has 19 heavy (non-hydrogen) atoms. The summed E-state index contributed by atoms with van der Waals surface area (Å²) in [5.41, 5.74) is 1.36. The monoisotopic (exact) mass is 261 g/mol. The third-order valence-electron chi connectivity index (χ3n) is 4.86. The summed E-state index contributed by atoms with van der Waals surface area (Å²) in [6.07, 6.45) is 13.8. The van der Waals surface area contributed by atoms with Crippen LogP contribution in [0.15, 0.2) is 12.5 Å². The van der Waals surface area contributed by atoms with Crippen LogP contribution in [0.25, 0.3) is 0 Å². The average Bonchev–Trinajstić information content (AvgIpc) is 3.16. The Kier molecular flexibility index (Phi) is 4.21. The Morgan fingerprint density at radius 1 is 1.21 bits per heavy atom. The highest BCUT2D eigenvalue weighted by Gasteiger charge is 2.25. The second kappa shape index (κ2) is 6.08. The lowest BCUT2D eigenvalue weighted by molar-refractivity contribution is 0.275. The normalized spacial score (nSPS) is 27.6. The van der Waals surface area contributed by atoms with Crippen LogP contribution in [-0.2, 0) is 6.54 Å². The van der Waals surface area contributed by atoms with Crippen LogP contribution in [0.1, 0.15) is 63.6 Å². The molecule has 0 unspecified atom stereocenters. The zero-order valence-electron chi connectivity index (χ0n) is 12.1. The van der Waals surface area contributed by atoms with Crippen molar-refractivity contribution in [2.24, 2.45) is 11.8 Å². The first-order valence-electron chi connectivity index (χ1n) is 8.04. The quantitative estimate of drug-likeness (QED) is 0.794. The highest BCUT2D eigenvalue weighted by atomic mass is 15.1. The zero-order valence-corrected chi connectivity index (χ0v) is 12.1. The molecule has 1 aromatic rings. The van der Waals surface area contributed by atoms with Crippen molar-refractivity contribution in [1.29, 1.82) is 0 Å². The molecule has 3 nitrogen and oxygen atoms in total. The summed E-state index contributed by atoms with van der Waals surface area (Å²) in [7, 11) is 0. The van der Waals surface area contributed by atoms with Crippen LogP contribution in [0.2, 0.25) is 0 Å². The molecular formula is C16H27N3. The minimum atomic E-state index is 0.749. The molecular weight excluding hydrogens is 234 g/mol. The van der Waals surface area contributed by atoms with Crippen molar-refractivity contribution in [3.8, 4) is 0 Å². The molecule has 1 aromatic heterocycles. The predicted molar refractivity (Wildman–Crippen MR) is 77.9 cm³/mol. The van der Waals surface area contributed by atoms with Gasteiger partial charge in [0.1, 0.15) is 0 Å². The molecule has 0 radical (unpaired) electrons. The van der Waals surface area contributed by atoms with E-state index in [9.17, 15) is 0 Å². The van der Waals surface area contributed by atoms with E-state index in [1.807, 2.05) is 12.5 Å². The first kappa shape index (κ1) is 13.2. The highest BCUT2D eigenvalue weighted by molar-refractivity contribution is 5.03. The SMILES string of the molecule is CC1CCC(CCNCc2cncn2C2CC2)CC1. The van der Waals surface area contributed by atoms with Crippen molar-refractivity contribution in [3.63, 3.8) is 0 Å².